The van der Waals surface area contributed by atoms with Crippen LogP contribution < -0.4 is 10.2 Å². The predicted octanol–water partition coefficient (Wildman–Crippen LogP) is 3.88. The van der Waals surface area contributed by atoms with Gasteiger partial charge < -0.3 is 10.2 Å². The summed E-state index contributed by atoms with van der Waals surface area (Å²) in [5.41, 5.74) is -0.192. The molecule has 0 unspecified atom stereocenters. The molecule has 1 aliphatic heterocycles. The highest BCUT2D eigenvalue weighted by Gasteiger charge is 2.13. The summed E-state index contributed by atoms with van der Waals surface area (Å²) >= 11 is 0. The predicted molar refractivity (Wildman–Crippen MR) is 82.4 cm³/mol. The summed E-state index contributed by atoms with van der Waals surface area (Å²) in [5, 5.41) is 2.71. The SMILES string of the molecule is Fc1cccc(F)c1Nc1cc(N2CCCCCC2)ncn1. The molecular weight excluding hydrogens is 286 g/mol. The van der Waals surface area contributed by atoms with E-state index < -0.39 is 11.6 Å². The number of benzene rings is 1. The molecule has 22 heavy (non-hydrogen) atoms. The van der Waals surface area contributed by atoms with Crippen molar-refractivity contribution >= 4 is 17.3 Å². The summed E-state index contributed by atoms with van der Waals surface area (Å²) in [7, 11) is 0. The van der Waals surface area contributed by atoms with Crippen molar-refractivity contribution in [3.05, 3.63) is 42.2 Å². The van der Waals surface area contributed by atoms with Crippen molar-refractivity contribution < 1.29 is 8.78 Å². The zero-order valence-corrected chi connectivity index (χ0v) is 12.2. The number of anilines is 3. The minimum Gasteiger partial charge on any atom is -0.356 e. The molecule has 0 aliphatic carbocycles. The second kappa shape index (κ2) is 6.68. The van der Waals surface area contributed by atoms with Crippen LogP contribution in [-0.2, 0) is 0 Å². The van der Waals surface area contributed by atoms with Crippen LogP contribution in [0.5, 0.6) is 0 Å². The van der Waals surface area contributed by atoms with E-state index in [1.807, 2.05) is 0 Å². The summed E-state index contributed by atoms with van der Waals surface area (Å²) in [6.45, 7) is 1.90. The summed E-state index contributed by atoms with van der Waals surface area (Å²) in [5.74, 6) is -0.112. The van der Waals surface area contributed by atoms with Gasteiger partial charge in [-0.15, -0.1) is 0 Å². The number of para-hydroxylation sites is 1. The molecule has 1 aromatic heterocycles. The van der Waals surface area contributed by atoms with Crippen LogP contribution in [0.25, 0.3) is 0 Å². The fourth-order valence-corrected chi connectivity index (χ4v) is 2.63. The van der Waals surface area contributed by atoms with Gasteiger partial charge in [0.1, 0.15) is 35.3 Å². The molecule has 4 nitrogen and oxygen atoms in total. The third-order valence-electron chi connectivity index (χ3n) is 3.80. The lowest BCUT2D eigenvalue weighted by Gasteiger charge is -2.21. The van der Waals surface area contributed by atoms with E-state index in [4.69, 9.17) is 0 Å². The Balaban J connectivity index is 1.82. The highest BCUT2D eigenvalue weighted by atomic mass is 19.1. The smallest absolute Gasteiger partial charge is 0.149 e. The molecule has 0 atom stereocenters. The fourth-order valence-electron chi connectivity index (χ4n) is 2.63. The molecule has 0 radical (unpaired) electrons. The summed E-state index contributed by atoms with van der Waals surface area (Å²) in [4.78, 5) is 10.5. The Hall–Kier alpha value is -2.24. The number of nitrogens with one attached hydrogen (secondary N) is 1. The molecule has 116 valence electrons. The molecule has 6 heteroatoms. The van der Waals surface area contributed by atoms with Crippen LogP contribution >= 0.6 is 0 Å². The van der Waals surface area contributed by atoms with E-state index >= 15 is 0 Å². The highest BCUT2D eigenvalue weighted by Crippen LogP contribution is 2.24. The number of halogens is 2. The van der Waals surface area contributed by atoms with Crippen LogP contribution in [-0.4, -0.2) is 23.1 Å². The maximum absolute atomic E-state index is 13.7. The van der Waals surface area contributed by atoms with Gasteiger partial charge in [0.2, 0.25) is 0 Å². The van der Waals surface area contributed by atoms with Crippen LogP contribution in [0.1, 0.15) is 25.7 Å². The van der Waals surface area contributed by atoms with E-state index in [1.165, 1.54) is 37.4 Å². The largest absolute Gasteiger partial charge is 0.356 e. The van der Waals surface area contributed by atoms with E-state index in [9.17, 15) is 8.78 Å². The van der Waals surface area contributed by atoms with Gasteiger partial charge in [-0.25, -0.2) is 18.7 Å². The van der Waals surface area contributed by atoms with Crippen molar-refractivity contribution in [1.82, 2.24) is 9.97 Å². The third-order valence-corrected chi connectivity index (χ3v) is 3.80. The van der Waals surface area contributed by atoms with Crippen molar-refractivity contribution in [2.45, 2.75) is 25.7 Å². The van der Waals surface area contributed by atoms with Gasteiger partial charge in [-0.1, -0.05) is 18.9 Å². The van der Waals surface area contributed by atoms with Gasteiger partial charge in [-0.2, -0.15) is 0 Å². The first-order valence-corrected chi connectivity index (χ1v) is 7.52. The maximum atomic E-state index is 13.7. The quantitative estimate of drug-likeness (QED) is 0.934. The molecule has 1 N–H and O–H groups in total. The van der Waals surface area contributed by atoms with Gasteiger partial charge in [0.05, 0.1) is 0 Å². The van der Waals surface area contributed by atoms with Gasteiger partial charge in [-0.05, 0) is 25.0 Å². The van der Waals surface area contributed by atoms with E-state index in [-0.39, 0.29) is 5.69 Å². The van der Waals surface area contributed by atoms with Crippen molar-refractivity contribution in [3.8, 4) is 0 Å². The molecule has 0 amide bonds. The van der Waals surface area contributed by atoms with Crippen LogP contribution in [0, 0.1) is 11.6 Å². The lowest BCUT2D eigenvalue weighted by Crippen LogP contribution is -2.25. The molecule has 1 aliphatic rings. The molecule has 0 spiro atoms. The van der Waals surface area contributed by atoms with Crippen molar-refractivity contribution in [2.75, 3.05) is 23.3 Å². The molecule has 0 saturated carbocycles. The van der Waals surface area contributed by atoms with Crippen LogP contribution in [0.3, 0.4) is 0 Å². The summed E-state index contributed by atoms with van der Waals surface area (Å²) in [6.07, 6.45) is 6.14. The number of hydrogen-bond acceptors (Lipinski definition) is 4. The topological polar surface area (TPSA) is 41.0 Å². The molecular formula is C16H18F2N4. The van der Waals surface area contributed by atoms with Crippen LogP contribution in [0.2, 0.25) is 0 Å². The zero-order chi connectivity index (χ0) is 15.4. The first kappa shape index (κ1) is 14.7. The van der Waals surface area contributed by atoms with Crippen LogP contribution in [0.15, 0.2) is 30.6 Å². The Kier molecular flexibility index (Phi) is 4.46. The molecule has 0 bridgehead atoms. The second-order valence-corrected chi connectivity index (χ2v) is 5.38. The maximum Gasteiger partial charge on any atom is 0.149 e. The average molecular weight is 304 g/mol. The monoisotopic (exact) mass is 304 g/mol. The first-order valence-electron chi connectivity index (χ1n) is 7.52. The lowest BCUT2D eigenvalue weighted by atomic mass is 10.2. The Bertz CT molecular complexity index is 620. The molecule has 2 aromatic rings. The van der Waals surface area contributed by atoms with Crippen molar-refractivity contribution in [3.63, 3.8) is 0 Å². The van der Waals surface area contributed by atoms with Gasteiger partial charge in [0.25, 0.3) is 0 Å². The zero-order valence-electron chi connectivity index (χ0n) is 12.2. The van der Waals surface area contributed by atoms with E-state index in [2.05, 4.69) is 20.2 Å². The molecule has 1 fully saturated rings. The van der Waals surface area contributed by atoms with E-state index in [0.717, 1.165) is 31.7 Å². The minimum atomic E-state index is -0.644. The average Bonchev–Trinajstić information content (AvgIpc) is 2.81. The third kappa shape index (κ3) is 3.32. The Morgan fingerprint density at radius 2 is 1.64 bits per heavy atom. The minimum absolute atomic E-state index is 0.192. The van der Waals surface area contributed by atoms with Gasteiger partial charge in [-0.3, -0.25) is 0 Å². The van der Waals surface area contributed by atoms with Crippen molar-refractivity contribution in [1.29, 1.82) is 0 Å². The normalized spacial score (nSPS) is 15.5. The second-order valence-electron chi connectivity index (χ2n) is 5.38. The molecule has 1 aromatic carbocycles. The number of rotatable bonds is 3. The van der Waals surface area contributed by atoms with Crippen molar-refractivity contribution in [2.24, 2.45) is 0 Å². The lowest BCUT2D eigenvalue weighted by molar-refractivity contribution is 0.590. The number of aromatic nitrogens is 2. The Morgan fingerprint density at radius 1 is 0.955 bits per heavy atom. The summed E-state index contributed by atoms with van der Waals surface area (Å²) < 4.78 is 27.4. The van der Waals surface area contributed by atoms with E-state index in [1.54, 1.807) is 6.07 Å². The summed E-state index contributed by atoms with van der Waals surface area (Å²) in [6, 6.07) is 5.49. The number of nitrogens with zero attached hydrogens (tertiary/aromatic N) is 3. The standard InChI is InChI=1S/C16H18F2N4/c17-12-6-5-7-13(18)16(12)21-14-10-15(20-11-19-14)22-8-3-1-2-4-9-22/h5-7,10-11H,1-4,8-9H2,(H,19,20,21). The molecule has 1 saturated heterocycles. The van der Waals surface area contributed by atoms with Gasteiger partial charge >= 0.3 is 0 Å². The fraction of sp³-hybridized carbons (Fsp3) is 0.375. The Labute approximate surface area is 128 Å². The molecule has 3 rings (SSSR count). The van der Waals surface area contributed by atoms with Gasteiger partial charge in [0.15, 0.2) is 0 Å². The van der Waals surface area contributed by atoms with Gasteiger partial charge in [0, 0.05) is 19.2 Å². The number of hydrogen-bond donors (Lipinski definition) is 1. The molecule has 2 heterocycles. The highest BCUT2D eigenvalue weighted by molar-refractivity contribution is 5.60. The van der Waals surface area contributed by atoms with Crippen LogP contribution in [0.4, 0.5) is 26.1 Å². The first-order chi connectivity index (χ1) is 10.7. The Morgan fingerprint density at radius 3 is 2.32 bits per heavy atom. The van der Waals surface area contributed by atoms with E-state index in [0.29, 0.717) is 5.82 Å².